The van der Waals surface area contributed by atoms with E-state index in [1.54, 1.807) is 7.11 Å². The molecule has 0 N–H and O–H groups in total. The molecule has 0 fully saturated rings. The van der Waals surface area contributed by atoms with Crippen LogP contribution in [0.1, 0.15) is 110 Å². The lowest BCUT2D eigenvalue weighted by molar-refractivity contribution is 0.0303. The molecular weight excluding hydrogens is 296 g/mol. The topological polar surface area (TPSA) is 18.5 Å². The van der Waals surface area contributed by atoms with Crippen LogP contribution < -0.4 is 0 Å². The fraction of sp³-hybridized carbons (Fsp3) is 0.955. The lowest BCUT2D eigenvalue weighted by Gasteiger charge is -2.09. The molecule has 0 aliphatic heterocycles. The third-order valence-electron chi connectivity index (χ3n) is 4.78. The minimum absolute atomic E-state index is 0.0222. The van der Waals surface area contributed by atoms with Gasteiger partial charge in [-0.15, -0.1) is 0 Å². The summed E-state index contributed by atoms with van der Waals surface area (Å²) in [5, 5.41) is 0. The molecule has 0 aromatic heterocycles. The molecule has 0 saturated carbocycles. The minimum Gasteiger partial charge on any atom is -0.379 e. The summed E-state index contributed by atoms with van der Waals surface area (Å²) < 4.78 is 10.6. The maximum Gasteiger partial charge on any atom is 0.0805 e. The zero-order chi connectivity index (χ0) is 17.7. The van der Waals surface area contributed by atoms with Crippen molar-refractivity contribution in [1.82, 2.24) is 0 Å². The maximum atomic E-state index is 5.52. The monoisotopic (exact) mass is 341 g/mol. The van der Waals surface area contributed by atoms with Crippen molar-refractivity contribution >= 4 is 0 Å². The molecule has 1 unspecified atom stereocenters. The average Bonchev–Trinajstić information content (AvgIpc) is 2.60. The highest BCUT2D eigenvalue weighted by Gasteiger charge is 1.98. The van der Waals surface area contributed by atoms with E-state index in [0.717, 1.165) is 6.61 Å². The van der Waals surface area contributed by atoms with Crippen LogP contribution in [0, 0.1) is 6.92 Å². The first-order valence-corrected chi connectivity index (χ1v) is 10.7. The summed E-state index contributed by atoms with van der Waals surface area (Å²) in [6.07, 6.45) is 22.5. The first kappa shape index (κ1) is 23.9. The molecule has 145 valence electrons. The molecule has 0 amide bonds. The SMILES string of the molecule is [CH2]C(COCCCCCCCCCCCCCCCCCC)OC. The Labute approximate surface area is 153 Å². The molecule has 0 aromatic rings. The van der Waals surface area contributed by atoms with Gasteiger partial charge in [0.2, 0.25) is 0 Å². The third-order valence-corrected chi connectivity index (χ3v) is 4.78. The van der Waals surface area contributed by atoms with E-state index in [-0.39, 0.29) is 6.10 Å². The van der Waals surface area contributed by atoms with Crippen molar-refractivity contribution in [2.45, 2.75) is 116 Å². The van der Waals surface area contributed by atoms with Gasteiger partial charge in [-0.05, 0) is 13.3 Å². The third kappa shape index (κ3) is 20.0. The Kier molecular flexibility index (Phi) is 20.9. The average molecular weight is 342 g/mol. The molecule has 0 aliphatic rings. The van der Waals surface area contributed by atoms with E-state index in [1.807, 2.05) is 0 Å². The molecule has 0 aliphatic carbocycles. The van der Waals surface area contributed by atoms with Gasteiger partial charge in [0.1, 0.15) is 0 Å². The normalized spacial score (nSPS) is 12.6. The van der Waals surface area contributed by atoms with E-state index < -0.39 is 0 Å². The van der Waals surface area contributed by atoms with Crippen LogP contribution in [-0.2, 0) is 9.47 Å². The molecule has 24 heavy (non-hydrogen) atoms. The van der Waals surface area contributed by atoms with Crippen molar-refractivity contribution in [2.24, 2.45) is 0 Å². The molecular formula is C22H45O2. The summed E-state index contributed by atoms with van der Waals surface area (Å²) in [5.41, 5.74) is 0. The smallest absolute Gasteiger partial charge is 0.0805 e. The Balaban J connectivity index is 2.98. The standard InChI is InChI=1S/C22H45O2/c1-4-5-6-7-8-9-10-11-12-13-14-15-16-17-18-19-20-24-21-22(2)23-3/h22H,2,4-21H2,1,3H3. The predicted molar refractivity (Wildman–Crippen MR) is 107 cm³/mol. The van der Waals surface area contributed by atoms with Crippen molar-refractivity contribution < 1.29 is 9.47 Å². The summed E-state index contributed by atoms with van der Waals surface area (Å²) in [5.74, 6) is 0. The Bertz CT molecular complexity index is 218. The molecule has 0 bridgehead atoms. The number of ether oxygens (including phenoxy) is 2. The molecule has 2 nitrogen and oxygen atoms in total. The Morgan fingerprint density at radius 3 is 1.38 bits per heavy atom. The van der Waals surface area contributed by atoms with E-state index in [0.29, 0.717) is 6.61 Å². The fourth-order valence-corrected chi connectivity index (χ4v) is 3.04. The molecule has 1 atom stereocenters. The molecule has 1 radical (unpaired) electrons. The lowest BCUT2D eigenvalue weighted by atomic mass is 10.0. The van der Waals surface area contributed by atoms with Gasteiger partial charge < -0.3 is 9.47 Å². The zero-order valence-electron chi connectivity index (χ0n) is 16.8. The van der Waals surface area contributed by atoms with Crippen LogP contribution >= 0.6 is 0 Å². The van der Waals surface area contributed by atoms with Crippen LogP contribution in [0.25, 0.3) is 0 Å². The second-order valence-electron chi connectivity index (χ2n) is 7.24. The van der Waals surface area contributed by atoms with Gasteiger partial charge in [0.05, 0.1) is 12.7 Å². The van der Waals surface area contributed by atoms with Gasteiger partial charge in [-0.1, -0.05) is 103 Å². The van der Waals surface area contributed by atoms with Crippen molar-refractivity contribution in [3.05, 3.63) is 6.92 Å². The van der Waals surface area contributed by atoms with Gasteiger partial charge in [0.15, 0.2) is 0 Å². The van der Waals surface area contributed by atoms with Crippen LogP contribution in [0.5, 0.6) is 0 Å². The highest BCUT2D eigenvalue weighted by Crippen LogP contribution is 2.13. The summed E-state index contributed by atoms with van der Waals surface area (Å²) in [6.45, 7) is 7.59. The molecule has 0 heterocycles. The Hall–Kier alpha value is -0.0800. The first-order chi connectivity index (χ1) is 11.8. The largest absolute Gasteiger partial charge is 0.379 e. The quantitative estimate of drug-likeness (QED) is 0.220. The molecule has 0 aromatic carbocycles. The van der Waals surface area contributed by atoms with Crippen molar-refractivity contribution in [1.29, 1.82) is 0 Å². The van der Waals surface area contributed by atoms with Gasteiger partial charge in [0, 0.05) is 13.7 Å². The first-order valence-electron chi connectivity index (χ1n) is 10.7. The van der Waals surface area contributed by atoms with Gasteiger partial charge in [-0.3, -0.25) is 0 Å². The number of hydrogen-bond acceptors (Lipinski definition) is 2. The van der Waals surface area contributed by atoms with Crippen LogP contribution in [0.15, 0.2) is 0 Å². The second-order valence-corrected chi connectivity index (χ2v) is 7.24. The zero-order valence-corrected chi connectivity index (χ0v) is 16.8. The van der Waals surface area contributed by atoms with Crippen LogP contribution in [0.2, 0.25) is 0 Å². The van der Waals surface area contributed by atoms with Crippen LogP contribution in [0.4, 0.5) is 0 Å². The number of methoxy groups -OCH3 is 1. The van der Waals surface area contributed by atoms with Crippen LogP contribution in [0.3, 0.4) is 0 Å². The molecule has 2 heteroatoms. The van der Waals surface area contributed by atoms with Gasteiger partial charge >= 0.3 is 0 Å². The minimum atomic E-state index is -0.0222. The van der Waals surface area contributed by atoms with Crippen LogP contribution in [-0.4, -0.2) is 26.4 Å². The highest BCUT2D eigenvalue weighted by molar-refractivity contribution is 4.56. The maximum absolute atomic E-state index is 5.52. The lowest BCUT2D eigenvalue weighted by Crippen LogP contribution is -2.14. The number of unbranched alkanes of at least 4 members (excludes halogenated alkanes) is 15. The van der Waals surface area contributed by atoms with E-state index in [9.17, 15) is 0 Å². The highest BCUT2D eigenvalue weighted by atomic mass is 16.5. The fourth-order valence-electron chi connectivity index (χ4n) is 3.04. The van der Waals surface area contributed by atoms with E-state index in [4.69, 9.17) is 9.47 Å². The Morgan fingerprint density at radius 2 is 1.00 bits per heavy atom. The summed E-state index contributed by atoms with van der Waals surface area (Å²) in [6, 6.07) is 0. The number of hydrogen-bond donors (Lipinski definition) is 0. The summed E-state index contributed by atoms with van der Waals surface area (Å²) in [7, 11) is 1.68. The van der Waals surface area contributed by atoms with Crippen molar-refractivity contribution in [3.63, 3.8) is 0 Å². The van der Waals surface area contributed by atoms with Gasteiger partial charge in [-0.2, -0.15) is 0 Å². The molecule has 0 spiro atoms. The van der Waals surface area contributed by atoms with Crippen molar-refractivity contribution in [2.75, 3.05) is 20.3 Å². The summed E-state index contributed by atoms with van der Waals surface area (Å²) >= 11 is 0. The van der Waals surface area contributed by atoms with Gasteiger partial charge in [-0.25, -0.2) is 0 Å². The molecule has 0 saturated heterocycles. The number of rotatable bonds is 20. The Morgan fingerprint density at radius 1 is 0.625 bits per heavy atom. The molecule has 0 rings (SSSR count). The summed E-state index contributed by atoms with van der Waals surface area (Å²) in [4.78, 5) is 0. The second kappa shape index (κ2) is 21.0. The van der Waals surface area contributed by atoms with Gasteiger partial charge in [0.25, 0.3) is 0 Å². The van der Waals surface area contributed by atoms with E-state index in [1.165, 1.54) is 103 Å². The van der Waals surface area contributed by atoms with E-state index in [2.05, 4.69) is 13.8 Å². The van der Waals surface area contributed by atoms with Crippen molar-refractivity contribution in [3.8, 4) is 0 Å². The van der Waals surface area contributed by atoms with E-state index >= 15 is 0 Å². The predicted octanol–water partition coefficient (Wildman–Crippen LogP) is 7.11.